The number of ketones is 1. The Hall–Kier alpha value is -2.89. The number of carboxylic acid groups (broad SMARTS) is 1. The molecule has 1 aromatic heterocycles. The molecule has 0 saturated heterocycles. The van der Waals surface area contributed by atoms with Crippen LogP contribution in [0.3, 0.4) is 0 Å². The van der Waals surface area contributed by atoms with E-state index in [9.17, 15) is 9.59 Å². The third kappa shape index (κ3) is 3.11. The van der Waals surface area contributed by atoms with Crippen LogP contribution in [0.1, 0.15) is 21.6 Å². The van der Waals surface area contributed by atoms with E-state index in [1.807, 2.05) is 30.3 Å². The molecule has 0 saturated carbocycles. The van der Waals surface area contributed by atoms with Gasteiger partial charge in [-0.1, -0.05) is 30.3 Å². The number of nitrogens with zero attached hydrogens (tertiary/aromatic N) is 1. The van der Waals surface area contributed by atoms with E-state index >= 15 is 0 Å². The van der Waals surface area contributed by atoms with Gasteiger partial charge in [0.2, 0.25) is 11.5 Å². The molecule has 0 amide bonds. The fourth-order valence-electron chi connectivity index (χ4n) is 1.73. The Bertz CT molecular complexity index is 659. The summed E-state index contributed by atoms with van der Waals surface area (Å²) in [6.45, 7) is 0. The summed E-state index contributed by atoms with van der Waals surface area (Å²) < 4.78 is 0. The minimum Gasteiger partial charge on any atom is -0.502 e. The lowest BCUT2D eigenvalue weighted by atomic mass is 10.0. The number of carbonyl (C=O) groups is 2. The number of carboxylic acids is 1. The zero-order valence-electron chi connectivity index (χ0n) is 10.4. The summed E-state index contributed by atoms with van der Waals surface area (Å²) in [7, 11) is 0. The van der Waals surface area contributed by atoms with E-state index in [1.165, 1.54) is 6.20 Å². The number of rotatable bonds is 5. The second-order valence-electron chi connectivity index (χ2n) is 4.13. The summed E-state index contributed by atoms with van der Waals surface area (Å²) in [4.78, 5) is 22.3. The summed E-state index contributed by atoms with van der Waals surface area (Å²) in [5, 5.41) is 23.9. The third-order valence-corrected chi connectivity index (χ3v) is 2.69. The van der Waals surface area contributed by atoms with E-state index in [1.54, 1.807) is 0 Å². The number of H-pyrrole nitrogens is 1. The van der Waals surface area contributed by atoms with E-state index in [0.29, 0.717) is 18.1 Å². The van der Waals surface area contributed by atoms with Crippen molar-refractivity contribution in [3.8, 4) is 0 Å². The predicted octanol–water partition coefficient (Wildman–Crippen LogP) is 1.71. The molecule has 0 aliphatic heterocycles. The fourth-order valence-corrected chi connectivity index (χ4v) is 1.73. The molecule has 0 aliphatic rings. The maximum Gasteiger partial charge on any atom is 0.371 e. The number of hydrogen-bond donors (Lipinski definition) is 3. The highest BCUT2D eigenvalue weighted by Gasteiger charge is 2.15. The molecule has 3 N–H and O–H groups in total. The molecule has 6 heteroatoms. The molecule has 0 fully saturated rings. The number of aliphatic carboxylic acids is 1. The zero-order valence-corrected chi connectivity index (χ0v) is 10.4. The number of aromatic amines is 1. The van der Waals surface area contributed by atoms with Gasteiger partial charge in [-0.25, -0.2) is 4.79 Å². The fraction of sp³-hybridized carbons (Fsp3) is 0.0714. The normalized spacial score (nSPS) is 11.3. The molecular formula is C14H12N2O4. The molecular weight excluding hydrogens is 260 g/mol. The van der Waals surface area contributed by atoms with E-state index in [2.05, 4.69) is 10.2 Å². The first-order valence-electron chi connectivity index (χ1n) is 5.82. The van der Waals surface area contributed by atoms with Gasteiger partial charge in [-0.3, -0.25) is 9.89 Å². The number of allylic oxidation sites excluding steroid dienone is 1. The Morgan fingerprint density at radius 2 is 1.90 bits per heavy atom. The molecule has 102 valence electrons. The average Bonchev–Trinajstić information content (AvgIpc) is 2.88. The van der Waals surface area contributed by atoms with Gasteiger partial charge in [0.1, 0.15) is 5.69 Å². The first-order chi connectivity index (χ1) is 9.58. The molecule has 0 unspecified atom stereocenters. The van der Waals surface area contributed by atoms with Gasteiger partial charge >= 0.3 is 5.97 Å². The first kappa shape index (κ1) is 13.5. The highest BCUT2D eigenvalue weighted by Crippen LogP contribution is 2.13. The molecule has 0 bridgehead atoms. The van der Waals surface area contributed by atoms with Crippen LogP contribution in [0.4, 0.5) is 0 Å². The highest BCUT2D eigenvalue weighted by molar-refractivity contribution is 6.07. The minimum atomic E-state index is -1.55. The lowest BCUT2D eigenvalue weighted by Gasteiger charge is -2.01. The van der Waals surface area contributed by atoms with Crippen LogP contribution in [0.5, 0.6) is 0 Å². The van der Waals surface area contributed by atoms with Crippen LogP contribution in [0, 0.1) is 0 Å². The summed E-state index contributed by atoms with van der Waals surface area (Å²) in [6, 6.07) is 9.47. The van der Waals surface area contributed by atoms with E-state index in [-0.39, 0.29) is 5.69 Å². The average molecular weight is 272 g/mol. The van der Waals surface area contributed by atoms with Gasteiger partial charge in [0.05, 0.1) is 6.20 Å². The summed E-state index contributed by atoms with van der Waals surface area (Å²) in [6.07, 6.45) is 2.65. The van der Waals surface area contributed by atoms with Gasteiger partial charge in [0.15, 0.2) is 0 Å². The van der Waals surface area contributed by atoms with Crippen molar-refractivity contribution in [3.05, 3.63) is 65.2 Å². The standard InChI is InChI=1S/C14H12N2O4/c17-11(7-12(18)14(19)20)13-10(8-15-16-13)6-9-4-2-1-3-5-9/h1-5,7-8,18H,6H2,(H,15,16)(H,19,20). The number of hydrogen-bond acceptors (Lipinski definition) is 4. The van der Waals surface area contributed by atoms with Crippen LogP contribution >= 0.6 is 0 Å². The van der Waals surface area contributed by atoms with Crippen molar-refractivity contribution >= 4 is 11.8 Å². The van der Waals surface area contributed by atoms with Crippen LogP contribution in [0.15, 0.2) is 48.4 Å². The monoisotopic (exact) mass is 272 g/mol. The van der Waals surface area contributed by atoms with Gasteiger partial charge < -0.3 is 10.2 Å². The Morgan fingerprint density at radius 1 is 1.20 bits per heavy atom. The highest BCUT2D eigenvalue weighted by atomic mass is 16.4. The van der Waals surface area contributed by atoms with Crippen LogP contribution in [-0.2, 0) is 11.2 Å². The number of carbonyl (C=O) groups excluding carboxylic acids is 1. The largest absolute Gasteiger partial charge is 0.502 e. The van der Waals surface area contributed by atoms with Crippen molar-refractivity contribution in [3.63, 3.8) is 0 Å². The molecule has 0 atom stereocenters. The van der Waals surface area contributed by atoms with Gasteiger partial charge in [0.25, 0.3) is 0 Å². The van der Waals surface area contributed by atoms with Crippen LogP contribution in [0.2, 0.25) is 0 Å². The summed E-state index contributed by atoms with van der Waals surface area (Å²) >= 11 is 0. The van der Waals surface area contributed by atoms with E-state index < -0.39 is 17.5 Å². The SMILES string of the molecule is O=C(O)C(O)=CC(=O)c1[nH]ncc1Cc1ccccc1. The lowest BCUT2D eigenvalue weighted by Crippen LogP contribution is -2.06. The minimum absolute atomic E-state index is 0.168. The number of aliphatic hydroxyl groups is 1. The Morgan fingerprint density at radius 3 is 2.55 bits per heavy atom. The van der Waals surface area contributed by atoms with Crippen LogP contribution in [0.25, 0.3) is 0 Å². The number of aliphatic hydroxyl groups excluding tert-OH is 1. The third-order valence-electron chi connectivity index (χ3n) is 2.69. The predicted molar refractivity (Wildman–Crippen MR) is 70.5 cm³/mol. The van der Waals surface area contributed by atoms with Gasteiger partial charge in [0, 0.05) is 18.1 Å². The van der Waals surface area contributed by atoms with Crippen molar-refractivity contribution in [2.24, 2.45) is 0 Å². The summed E-state index contributed by atoms with van der Waals surface area (Å²) in [5.74, 6) is -3.19. The molecule has 6 nitrogen and oxygen atoms in total. The van der Waals surface area contributed by atoms with Crippen LogP contribution in [-0.4, -0.2) is 32.2 Å². The topological polar surface area (TPSA) is 103 Å². The lowest BCUT2D eigenvalue weighted by molar-refractivity contribution is -0.135. The van der Waals surface area contributed by atoms with Gasteiger partial charge in [-0.15, -0.1) is 0 Å². The molecule has 1 aromatic carbocycles. The number of nitrogens with one attached hydrogen (secondary N) is 1. The van der Waals surface area contributed by atoms with Crippen molar-refractivity contribution in [2.45, 2.75) is 6.42 Å². The molecule has 0 radical (unpaired) electrons. The molecule has 20 heavy (non-hydrogen) atoms. The Kier molecular flexibility index (Phi) is 3.95. The van der Waals surface area contributed by atoms with Gasteiger partial charge in [-0.2, -0.15) is 5.10 Å². The molecule has 2 aromatic rings. The second kappa shape index (κ2) is 5.83. The van der Waals surface area contributed by atoms with E-state index in [0.717, 1.165) is 5.56 Å². The van der Waals surface area contributed by atoms with Crippen molar-refractivity contribution < 1.29 is 19.8 Å². The molecule has 0 spiro atoms. The quantitative estimate of drug-likeness (QED) is 0.436. The number of aromatic nitrogens is 2. The van der Waals surface area contributed by atoms with Crippen LogP contribution < -0.4 is 0 Å². The van der Waals surface area contributed by atoms with Crippen molar-refractivity contribution in [1.82, 2.24) is 10.2 Å². The van der Waals surface area contributed by atoms with Crippen molar-refractivity contribution in [2.75, 3.05) is 0 Å². The molecule has 0 aliphatic carbocycles. The number of benzene rings is 1. The summed E-state index contributed by atoms with van der Waals surface area (Å²) in [5.41, 5.74) is 1.80. The molecule has 1 heterocycles. The smallest absolute Gasteiger partial charge is 0.371 e. The maximum atomic E-state index is 11.9. The first-order valence-corrected chi connectivity index (χ1v) is 5.82. The maximum absolute atomic E-state index is 11.9. The molecule has 2 rings (SSSR count). The van der Waals surface area contributed by atoms with Gasteiger partial charge in [-0.05, 0) is 5.56 Å². The Balaban J connectivity index is 2.23. The van der Waals surface area contributed by atoms with Crippen molar-refractivity contribution in [1.29, 1.82) is 0 Å². The second-order valence-corrected chi connectivity index (χ2v) is 4.13. The Labute approximate surface area is 114 Å². The van der Waals surface area contributed by atoms with E-state index in [4.69, 9.17) is 10.2 Å². The zero-order chi connectivity index (χ0) is 14.5.